The number of aromatic nitrogens is 4. The third-order valence-electron chi connectivity index (χ3n) is 7.64. The average molecular weight is 572 g/mol. The van der Waals surface area contributed by atoms with Crippen LogP contribution in [0.25, 0.3) is 16.9 Å². The van der Waals surface area contributed by atoms with Gasteiger partial charge in [0.2, 0.25) is 5.95 Å². The summed E-state index contributed by atoms with van der Waals surface area (Å²) in [5.41, 5.74) is 5.51. The summed E-state index contributed by atoms with van der Waals surface area (Å²) in [5.74, 6) is -1.21. The molecule has 0 saturated carbocycles. The summed E-state index contributed by atoms with van der Waals surface area (Å²) in [5, 5.41) is 6.68. The Kier molecular flexibility index (Phi) is 7.88. The number of nitrogens with zero attached hydrogens (tertiary/aromatic N) is 5. The van der Waals surface area contributed by atoms with Crippen LogP contribution in [0.2, 0.25) is 0 Å². The van der Waals surface area contributed by atoms with Gasteiger partial charge in [-0.3, -0.25) is 9.63 Å². The van der Waals surface area contributed by atoms with Gasteiger partial charge in [0.05, 0.1) is 23.7 Å². The van der Waals surface area contributed by atoms with Crippen molar-refractivity contribution in [3.8, 4) is 16.9 Å². The van der Waals surface area contributed by atoms with E-state index in [1.165, 1.54) is 12.3 Å². The molecule has 4 aromatic rings. The Morgan fingerprint density at radius 1 is 1.14 bits per heavy atom. The second-order valence-corrected chi connectivity index (χ2v) is 10.5. The summed E-state index contributed by atoms with van der Waals surface area (Å²) in [6.07, 6.45) is 2.90. The zero-order chi connectivity index (χ0) is 29.2. The Balaban J connectivity index is 1.29. The summed E-state index contributed by atoms with van der Waals surface area (Å²) in [6, 6.07) is 14.6. The molecule has 1 saturated heterocycles. The highest BCUT2D eigenvalue weighted by molar-refractivity contribution is 5.91. The number of para-hydroxylation sites is 1. The first kappa shape index (κ1) is 27.8. The second-order valence-electron chi connectivity index (χ2n) is 10.5. The Morgan fingerprint density at radius 3 is 2.76 bits per heavy atom. The lowest BCUT2D eigenvalue weighted by molar-refractivity contribution is -0.155. The zero-order valence-electron chi connectivity index (χ0n) is 23.3. The van der Waals surface area contributed by atoms with Gasteiger partial charge >= 0.3 is 5.97 Å². The number of Topliss-reactive ketones (excluding diaryl/α,β-unsaturated/α-hetero) is 1. The standard InChI is InChI=1S/C31H30FN5O5/c1-19-26(15-25(38)13-22-17-36(10-11-40-2)42-30(22)20-8-9-33-27(32)14-20)37(24-6-4-3-5-7-24)35-28(19)21-12-23-18-41-31(39)29(23)34-16-21/h3-9,12,14,16,22,30H,10-11,13,15,17-18H2,1-2H3/t22-,30+/m1/s1. The van der Waals surface area contributed by atoms with Crippen molar-refractivity contribution in [1.29, 1.82) is 0 Å². The fourth-order valence-electron chi connectivity index (χ4n) is 5.58. The van der Waals surface area contributed by atoms with Crippen LogP contribution < -0.4 is 0 Å². The molecule has 1 aromatic carbocycles. The largest absolute Gasteiger partial charge is 0.456 e. The average Bonchev–Trinajstić information content (AvgIpc) is 3.67. The van der Waals surface area contributed by atoms with Gasteiger partial charge in [-0.1, -0.05) is 18.2 Å². The third-order valence-corrected chi connectivity index (χ3v) is 7.64. The van der Waals surface area contributed by atoms with Crippen molar-refractivity contribution in [3.05, 3.63) is 95.0 Å². The van der Waals surface area contributed by atoms with Crippen LogP contribution in [0.5, 0.6) is 0 Å². The van der Waals surface area contributed by atoms with Gasteiger partial charge in [-0.25, -0.2) is 19.4 Å². The van der Waals surface area contributed by atoms with Gasteiger partial charge in [0.1, 0.15) is 18.5 Å². The summed E-state index contributed by atoms with van der Waals surface area (Å²) in [4.78, 5) is 39.7. The molecule has 3 aromatic heterocycles. The molecule has 2 aliphatic rings. The highest BCUT2D eigenvalue weighted by Crippen LogP contribution is 2.37. The van der Waals surface area contributed by atoms with E-state index in [1.54, 1.807) is 29.1 Å². The van der Waals surface area contributed by atoms with Gasteiger partial charge in [-0.15, -0.1) is 0 Å². The number of hydroxylamine groups is 2. The van der Waals surface area contributed by atoms with Crippen LogP contribution >= 0.6 is 0 Å². The van der Waals surface area contributed by atoms with Gasteiger partial charge in [-0.05, 0) is 48.4 Å². The molecule has 216 valence electrons. The van der Waals surface area contributed by atoms with Crippen LogP contribution in [-0.2, 0) is 32.1 Å². The summed E-state index contributed by atoms with van der Waals surface area (Å²) >= 11 is 0. The number of carbonyl (C=O) groups is 2. The lowest BCUT2D eigenvalue weighted by atomic mass is 9.91. The zero-order valence-corrected chi connectivity index (χ0v) is 23.3. The van der Waals surface area contributed by atoms with Gasteiger partial charge in [0.25, 0.3) is 0 Å². The molecular formula is C31H30FN5O5. The van der Waals surface area contributed by atoms with Gasteiger partial charge in [0.15, 0.2) is 5.69 Å². The number of esters is 1. The molecule has 0 N–H and O–H groups in total. The first-order valence-corrected chi connectivity index (χ1v) is 13.8. The van der Waals surface area contributed by atoms with Crippen LogP contribution in [0.3, 0.4) is 0 Å². The van der Waals surface area contributed by atoms with E-state index in [9.17, 15) is 14.0 Å². The lowest BCUT2D eigenvalue weighted by Gasteiger charge is -2.17. The first-order valence-electron chi connectivity index (χ1n) is 13.8. The molecule has 11 heteroatoms. The molecule has 42 heavy (non-hydrogen) atoms. The molecule has 0 radical (unpaired) electrons. The quantitative estimate of drug-likeness (QED) is 0.204. The Hall–Kier alpha value is -4.32. The van der Waals surface area contributed by atoms with Crippen molar-refractivity contribution in [2.24, 2.45) is 5.92 Å². The molecule has 2 atom stereocenters. The Bertz CT molecular complexity index is 1630. The molecule has 2 aliphatic heterocycles. The number of hydrogen-bond acceptors (Lipinski definition) is 9. The van der Waals surface area contributed by atoms with Crippen LogP contribution in [-0.4, -0.2) is 63.4 Å². The van der Waals surface area contributed by atoms with Crippen molar-refractivity contribution in [1.82, 2.24) is 24.8 Å². The molecule has 1 fully saturated rings. The van der Waals surface area contributed by atoms with Crippen LogP contribution in [0.15, 0.2) is 60.9 Å². The molecule has 5 heterocycles. The van der Waals surface area contributed by atoms with Crippen LogP contribution in [0.1, 0.15) is 45.4 Å². The number of fused-ring (bicyclic) bond motifs is 1. The van der Waals surface area contributed by atoms with Crippen LogP contribution in [0, 0.1) is 18.8 Å². The minimum absolute atomic E-state index is 0.00882. The molecule has 6 rings (SSSR count). The lowest BCUT2D eigenvalue weighted by Crippen LogP contribution is -2.24. The summed E-state index contributed by atoms with van der Waals surface area (Å²) < 4.78 is 26.1. The highest BCUT2D eigenvalue weighted by atomic mass is 19.1. The maximum Gasteiger partial charge on any atom is 0.357 e. The maximum atomic E-state index is 14.0. The predicted molar refractivity (Wildman–Crippen MR) is 149 cm³/mol. The minimum Gasteiger partial charge on any atom is -0.456 e. The number of ketones is 1. The smallest absolute Gasteiger partial charge is 0.357 e. The number of hydrogen-bond donors (Lipinski definition) is 0. The third kappa shape index (κ3) is 5.58. The molecule has 0 unspecified atom stereocenters. The van der Waals surface area contributed by atoms with E-state index in [4.69, 9.17) is 19.4 Å². The number of cyclic esters (lactones) is 1. The van der Waals surface area contributed by atoms with Crippen LogP contribution in [0.4, 0.5) is 4.39 Å². The van der Waals surface area contributed by atoms with Crippen molar-refractivity contribution in [3.63, 3.8) is 0 Å². The molecule has 0 aliphatic carbocycles. The minimum atomic E-state index is -0.594. The monoisotopic (exact) mass is 571 g/mol. The van der Waals surface area contributed by atoms with Gasteiger partial charge < -0.3 is 9.47 Å². The predicted octanol–water partition coefficient (Wildman–Crippen LogP) is 4.20. The number of benzene rings is 1. The van der Waals surface area contributed by atoms with E-state index in [1.807, 2.05) is 43.3 Å². The van der Waals surface area contributed by atoms with Crippen molar-refractivity contribution < 1.29 is 28.3 Å². The normalized spacial score (nSPS) is 18.3. The van der Waals surface area contributed by atoms with Crippen molar-refractivity contribution in [2.45, 2.75) is 32.5 Å². The Labute approximate surface area is 242 Å². The number of rotatable bonds is 10. The molecule has 0 spiro atoms. The van der Waals surface area contributed by atoms with Crippen molar-refractivity contribution in [2.75, 3.05) is 26.8 Å². The SMILES string of the molecule is COCCN1C[C@@H](CC(=O)Cc2c(C)c(-c3cnc4c(c3)COC4=O)nn2-c2ccccc2)[C@H](c2ccnc(F)c2)O1. The number of pyridine rings is 2. The number of halogens is 1. The molecule has 0 amide bonds. The maximum absolute atomic E-state index is 14.0. The molecular weight excluding hydrogens is 541 g/mol. The van der Waals surface area contributed by atoms with Crippen molar-refractivity contribution >= 4 is 11.8 Å². The molecule has 0 bridgehead atoms. The van der Waals surface area contributed by atoms with E-state index < -0.39 is 18.0 Å². The van der Waals surface area contributed by atoms with E-state index in [-0.39, 0.29) is 31.1 Å². The summed E-state index contributed by atoms with van der Waals surface area (Å²) in [7, 11) is 1.62. The van der Waals surface area contributed by atoms with E-state index in [2.05, 4.69) is 9.97 Å². The topological polar surface area (TPSA) is 109 Å². The molecule has 10 nitrogen and oxygen atoms in total. The fourth-order valence-corrected chi connectivity index (χ4v) is 5.58. The number of ether oxygens (including phenoxy) is 2. The second kappa shape index (κ2) is 11.9. The fraction of sp³-hybridized carbons (Fsp3) is 0.323. The van der Waals surface area contributed by atoms with E-state index in [0.29, 0.717) is 42.2 Å². The number of methoxy groups -OCH3 is 1. The Morgan fingerprint density at radius 2 is 1.98 bits per heavy atom. The summed E-state index contributed by atoms with van der Waals surface area (Å²) in [6.45, 7) is 3.61. The highest BCUT2D eigenvalue weighted by Gasteiger charge is 2.37. The first-order chi connectivity index (χ1) is 20.4. The van der Waals surface area contributed by atoms with Gasteiger partial charge in [-0.2, -0.15) is 14.6 Å². The van der Waals surface area contributed by atoms with E-state index in [0.717, 1.165) is 22.5 Å². The van der Waals surface area contributed by atoms with Gasteiger partial charge in [0, 0.05) is 62.5 Å². The van der Waals surface area contributed by atoms with E-state index >= 15 is 0 Å². The number of carbonyl (C=O) groups excluding carboxylic acids is 2.